The van der Waals surface area contributed by atoms with E-state index in [9.17, 15) is 14.7 Å². The Morgan fingerprint density at radius 1 is 1.08 bits per heavy atom. The maximum Gasteiger partial charge on any atom is 0.342 e. The zero-order chi connectivity index (χ0) is 17.8. The molecule has 0 saturated carbocycles. The summed E-state index contributed by atoms with van der Waals surface area (Å²) in [7, 11) is 0. The van der Waals surface area contributed by atoms with Crippen LogP contribution in [0.25, 0.3) is 0 Å². The van der Waals surface area contributed by atoms with Crippen LogP contribution in [-0.2, 0) is 4.74 Å². The number of fused-ring (bicyclic) bond motifs is 1. The molecule has 6 nitrogen and oxygen atoms in total. The minimum Gasteiger partial charge on any atom is -0.507 e. The van der Waals surface area contributed by atoms with E-state index in [-0.39, 0.29) is 17.1 Å². The number of ether oxygens (including phenoxy) is 3. The highest BCUT2D eigenvalue weighted by Crippen LogP contribution is 2.30. The molecule has 0 aromatic heterocycles. The SMILES string of the molecule is Cc1ccc(C(=O)OCC(=O)c2ccc3c(c2)OCCCO3)c(O)c1. The third-order valence-electron chi connectivity index (χ3n) is 3.78. The number of benzene rings is 2. The smallest absolute Gasteiger partial charge is 0.342 e. The number of esters is 1. The molecule has 130 valence electrons. The Balaban J connectivity index is 1.66. The molecule has 0 spiro atoms. The average Bonchev–Trinajstić information content (AvgIpc) is 2.84. The molecule has 0 unspecified atom stereocenters. The summed E-state index contributed by atoms with van der Waals surface area (Å²) in [6, 6.07) is 9.46. The summed E-state index contributed by atoms with van der Waals surface area (Å²) >= 11 is 0. The first-order valence-corrected chi connectivity index (χ1v) is 7.94. The van der Waals surface area contributed by atoms with Crippen molar-refractivity contribution in [3.8, 4) is 17.2 Å². The zero-order valence-electron chi connectivity index (χ0n) is 13.8. The quantitative estimate of drug-likeness (QED) is 0.680. The second-order valence-corrected chi connectivity index (χ2v) is 5.73. The van der Waals surface area contributed by atoms with Crippen molar-refractivity contribution >= 4 is 11.8 Å². The number of phenolic OH excluding ortho intramolecular Hbond substituents is 1. The van der Waals surface area contributed by atoms with Gasteiger partial charge in [-0.05, 0) is 42.8 Å². The molecule has 1 N–H and O–H groups in total. The Hall–Kier alpha value is -3.02. The highest BCUT2D eigenvalue weighted by molar-refractivity contribution is 6.00. The standard InChI is InChI=1S/C19H18O6/c1-12-3-5-14(15(20)9-12)19(22)25-11-16(21)13-4-6-17-18(10-13)24-8-2-7-23-17/h3-6,9-10,20H,2,7-8,11H2,1H3. The van der Waals surface area contributed by atoms with Crippen LogP contribution in [-0.4, -0.2) is 36.7 Å². The number of hydrogen-bond donors (Lipinski definition) is 1. The minimum absolute atomic E-state index is 0.0251. The molecule has 25 heavy (non-hydrogen) atoms. The fourth-order valence-corrected chi connectivity index (χ4v) is 2.44. The molecule has 1 aliphatic rings. The Labute approximate surface area is 144 Å². The number of ketones is 1. The molecule has 0 atom stereocenters. The average molecular weight is 342 g/mol. The fourth-order valence-electron chi connectivity index (χ4n) is 2.44. The molecule has 0 radical (unpaired) electrons. The molecule has 0 fully saturated rings. The number of aryl methyl sites for hydroxylation is 1. The number of carbonyl (C=O) groups excluding carboxylic acids is 2. The van der Waals surface area contributed by atoms with Gasteiger partial charge in [0.2, 0.25) is 0 Å². The molecule has 1 heterocycles. The molecule has 0 amide bonds. The Morgan fingerprint density at radius 2 is 1.84 bits per heavy atom. The molecular formula is C19H18O6. The number of aromatic hydroxyl groups is 1. The number of carbonyl (C=O) groups is 2. The van der Waals surface area contributed by atoms with Crippen LogP contribution in [0.15, 0.2) is 36.4 Å². The van der Waals surface area contributed by atoms with Gasteiger partial charge in [0.25, 0.3) is 0 Å². The third-order valence-corrected chi connectivity index (χ3v) is 3.78. The van der Waals surface area contributed by atoms with Crippen LogP contribution < -0.4 is 9.47 Å². The Morgan fingerprint density at radius 3 is 2.60 bits per heavy atom. The van der Waals surface area contributed by atoms with Gasteiger partial charge in [0.05, 0.1) is 13.2 Å². The second kappa shape index (κ2) is 7.25. The summed E-state index contributed by atoms with van der Waals surface area (Å²) in [4.78, 5) is 24.3. The highest BCUT2D eigenvalue weighted by atomic mass is 16.5. The predicted molar refractivity (Wildman–Crippen MR) is 89.5 cm³/mol. The van der Waals surface area contributed by atoms with E-state index in [1.54, 1.807) is 31.2 Å². The zero-order valence-corrected chi connectivity index (χ0v) is 13.8. The normalized spacial score (nSPS) is 13.0. The van der Waals surface area contributed by atoms with Crippen molar-refractivity contribution in [1.29, 1.82) is 0 Å². The summed E-state index contributed by atoms with van der Waals surface area (Å²) in [5, 5.41) is 9.79. The number of phenols is 1. The summed E-state index contributed by atoms with van der Waals surface area (Å²) in [5.74, 6) is -0.190. The van der Waals surface area contributed by atoms with Crippen molar-refractivity contribution in [3.63, 3.8) is 0 Å². The molecule has 1 aliphatic heterocycles. The van der Waals surface area contributed by atoms with Gasteiger partial charge in [0.15, 0.2) is 23.9 Å². The van der Waals surface area contributed by atoms with Gasteiger partial charge < -0.3 is 19.3 Å². The van der Waals surface area contributed by atoms with E-state index in [1.807, 2.05) is 0 Å². The first-order chi connectivity index (χ1) is 12.0. The van der Waals surface area contributed by atoms with Crippen molar-refractivity contribution in [1.82, 2.24) is 0 Å². The van der Waals surface area contributed by atoms with E-state index in [0.29, 0.717) is 30.3 Å². The summed E-state index contributed by atoms with van der Waals surface area (Å²) in [6.07, 6.45) is 0.773. The molecule has 2 aromatic carbocycles. The van der Waals surface area contributed by atoms with E-state index in [4.69, 9.17) is 14.2 Å². The topological polar surface area (TPSA) is 82.1 Å². The minimum atomic E-state index is -0.750. The molecule has 0 saturated heterocycles. The van der Waals surface area contributed by atoms with E-state index < -0.39 is 12.6 Å². The molecule has 0 bridgehead atoms. The summed E-state index contributed by atoms with van der Waals surface area (Å²) in [6.45, 7) is 2.46. The third kappa shape index (κ3) is 3.91. The fraction of sp³-hybridized carbons (Fsp3) is 0.263. The van der Waals surface area contributed by atoms with Gasteiger partial charge >= 0.3 is 5.97 Å². The first-order valence-electron chi connectivity index (χ1n) is 7.94. The predicted octanol–water partition coefficient (Wildman–Crippen LogP) is 2.90. The van der Waals surface area contributed by atoms with Crippen molar-refractivity contribution in [3.05, 3.63) is 53.1 Å². The second-order valence-electron chi connectivity index (χ2n) is 5.73. The van der Waals surface area contributed by atoms with E-state index in [0.717, 1.165) is 12.0 Å². The number of hydrogen-bond acceptors (Lipinski definition) is 6. The van der Waals surface area contributed by atoms with Crippen LogP contribution in [0.2, 0.25) is 0 Å². The van der Waals surface area contributed by atoms with Crippen LogP contribution in [0.5, 0.6) is 17.2 Å². The van der Waals surface area contributed by atoms with Crippen molar-refractivity contribution in [2.24, 2.45) is 0 Å². The monoisotopic (exact) mass is 342 g/mol. The van der Waals surface area contributed by atoms with Crippen molar-refractivity contribution < 1.29 is 28.9 Å². The highest BCUT2D eigenvalue weighted by Gasteiger charge is 2.17. The van der Waals surface area contributed by atoms with Crippen molar-refractivity contribution in [2.75, 3.05) is 19.8 Å². The van der Waals surface area contributed by atoms with Gasteiger partial charge in [-0.15, -0.1) is 0 Å². The lowest BCUT2D eigenvalue weighted by Gasteiger charge is -2.09. The van der Waals surface area contributed by atoms with Crippen LogP contribution in [0.4, 0.5) is 0 Å². The van der Waals surface area contributed by atoms with Gasteiger partial charge in [0.1, 0.15) is 11.3 Å². The Kier molecular flexibility index (Phi) is 4.88. The number of rotatable bonds is 4. The molecule has 6 heteroatoms. The Bertz CT molecular complexity index is 812. The molecule has 2 aromatic rings. The molecule has 3 rings (SSSR count). The maximum absolute atomic E-state index is 12.3. The lowest BCUT2D eigenvalue weighted by atomic mass is 10.1. The number of Topliss-reactive ketones (excluding diaryl/α,β-unsaturated/α-hetero) is 1. The van der Waals surface area contributed by atoms with Gasteiger partial charge in [-0.25, -0.2) is 4.79 Å². The van der Waals surface area contributed by atoms with E-state index in [1.165, 1.54) is 12.1 Å². The van der Waals surface area contributed by atoms with Crippen LogP contribution in [0.1, 0.15) is 32.7 Å². The first kappa shape index (κ1) is 16.8. The van der Waals surface area contributed by atoms with E-state index >= 15 is 0 Å². The largest absolute Gasteiger partial charge is 0.507 e. The van der Waals surface area contributed by atoms with Crippen LogP contribution in [0, 0.1) is 6.92 Å². The van der Waals surface area contributed by atoms with Crippen LogP contribution in [0.3, 0.4) is 0 Å². The van der Waals surface area contributed by atoms with Gasteiger partial charge in [-0.1, -0.05) is 6.07 Å². The molecule has 0 aliphatic carbocycles. The van der Waals surface area contributed by atoms with Crippen LogP contribution >= 0.6 is 0 Å². The van der Waals surface area contributed by atoms with Gasteiger partial charge in [0, 0.05) is 12.0 Å². The summed E-state index contributed by atoms with van der Waals surface area (Å²) < 4.78 is 16.1. The molecular weight excluding hydrogens is 324 g/mol. The lowest BCUT2D eigenvalue weighted by molar-refractivity contribution is 0.0471. The van der Waals surface area contributed by atoms with Gasteiger partial charge in [-0.2, -0.15) is 0 Å². The lowest BCUT2D eigenvalue weighted by Crippen LogP contribution is -2.14. The maximum atomic E-state index is 12.3. The van der Waals surface area contributed by atoms with Crippen molar-refractivity contribution in [2.45, 2.75) is 13.3 Å². The van der Waals surface area contributed by atoms with E-state index in [2.05, 4.69) is 0 Å². The van der Waals surface area contributed by atoms with Gasteiger partial charge in [-0.3, -0.25) is 4.79 Å². The summed E-state index contributed by atoms with van der Waals surface area (Å²) in [5.41, 5.74) is 1.21.